The summed E-state index contributed by atoms with van der Waals surface area (Å²) in [7, 11) is 1.30. The SMILES string of the molecule is COC(=O)NC[C@H]1Cc2ccccc2N(C(=O)CC(C)(C)C[C@H](NC(=O)OC(C)(C)C)[C@@H](O)C[C@@H](C)C(=O)O)C1. The summed E-state index contributed by atoms with van der Waals surface area (Å²) < 4.78 is 10.0. The summed E-state index contributed by atoms with van der Waals surface area (Å²) in [5.41, 5.74) is 0.368. The van der Waals surface area contributed by atoms with Crippen LogP contribution in [0.1, 0.15) is 66.4 Å². The van der Waals surface area contributed by atoms with Gasteiger partial charge in [0.25, 0.3) is 0 Å². The Morgan fingerprint density at radius 1 is 1.10 bits per heavy atom. The van der Waals surface area contributed by atoms with Gasteiger partial charge in [0.05, 0.1) is 25.2 Å². The van der Waals surface area contributed by atoms with Crippen molar-refractivity contribution in [3.63, 3.8) is 0 Å². The number of benzene rings is 1. The number of fused-ring (bicyclic) bond motifs is 1. The van der Waals surface area contributed by atoms with E-state index >= 15 is 0 Å². The highest BCUT2D eigenvalue weighted by molar-refractivity contribution is 5.95. The zero-order valence-electron chi connectivity index (χ0n) is 24.7. The lowest BCUT2D eigenvalue weighted by atomic mass is 9.79. The van der Waals surface area contributed by atoms with Gasteiger partial charge in [-0.15, -0.1) is 0 Å². The van der Waals surface area contributed by atoms with Crippen LogP contribution in [-0.4, -0.2) is 72.2 Å². The first kappa shape index (κ1) is 32.9. The van der Waals surface area contributed by atoms with Crippen LogP contribution in [0, 0.1) is 17.3 Å². The molecule has 2 rings (SSSR count). The maximum absolute atomic E-state index is 13.7. The Morgan fingerprint density at radius 2 is 1.75 bits per heavy atom. The van der Waals surface area contributed by atoms with Gasteiger partial charge in [-0.3, -0.25) is 9.59 Å². The Morgan fingerprint density at radius 3 is 2.35 bits per heavy atom. The van der Waals surface area contributed by atoms with Crippen molar-refractivity contribution < 1.29 is 38.9 Å². The van der Waals surface area contributed by atoms with Crippen LogP contribution < -0.4 is 15.5 Å². The number of aliphatic carboxylic acids is 1. The highest BCUT2D eigenvalue weighted by atomic mass is 16.6. The Hall–Kier alpha value is -3.34. The monoisotopic (exact) mass is 563 g/mol. The molecular formula is C29H45N3O8. The molecule has 0 aliphatic carbocycles. The molecule has 0 saturated carbocycles. The predicted molar refractivity (Wildman–Crippen MR) is 150 cm³/mol. The fraction of sp³-hybridized carbons (Fsp3) is 0.655. The van der Waals surface area contributed by atoms with E-state index in [1.54, 1.807) is 25.7 Å². The summed E-state index contributed by atoms with van der Waals surface area (Å²) in [4.78, 5) is 51.0. The summed E-state index contributed by atoms with van der Waals surface area (Å²) >= 11 is 0. The van der Waals surface area contributed by atoms with E-state index in [0.717, 1.165) is 11.3 Å². The van der Waals surface area contributed by atoms with E-state index in [1.807, 2.05) is 38.1 Å². The van der Waals surface area contributed by atoms with Gasteiger partial charge in [0.1, 0.15) is 5.60 Å². The Labute approximate surface area is 236 Å². The maximum atomic E-state index is 13.7. The summed E-state index contributed by atoms with van der Waals surface area (Å²) in [6.07, 6.45) is -1.50. The van der Waals surface area contributed by atoms with E-state index < -0.39 is 47.2 Å². The molecule has 0 fully saturated rings. The van der Waals surface area contributed by atoms with Crippen LogP contribution in [-0.2, 0) is 25.5 Å². The fourth-order valence-electron chi connectivity index (χ4n) is 4.89. The molecule has 1 aromatic rings. The van der Waals surface area contributed by atoms with Crippen molar-refractivity contribution in [3.8, 4) is 0 Å². The van der Waals surface area contributed by atoms with Gasteiger partial charge in [-0.05, 0) is 63.0 Å². The number of carbonyl (C=O) groups is 4. The number of carbonyl (C=O) groups excluding carboxylic acids is 3. The number of alkyl carbamates (subject to hydrolysis) is 2. The minimum Gasteiger partial charge on any atom is -0.481 e. The van der Waals surface area contributed by atoms with Crippen LogP contribution in [0.25, 0.3) is 0 Å². The van der Waals surface area contributed by atoms with Gasteiger partial charge in [0, 0.05) is 25.2 Å². The van der Waals surface area contributed by atoms with E-state index in [1.165, 1.54) is 14.0 Å². The minimum absolute atomic E-state index is 0.0121. The van der Waals surface area contributed by atoms with Crippen molar-refractivity contribution in [2.24, 2.45) is 17.3 Å². The number of aliphatic hydroxyl groups excluding tert-OH is 1. The number of amides is 3. The number of hydrogen-bond acceptors (Lipinski definition) is 7. The lowest BCUT2D eigenvalue weighted by Crippen LogP contribution is -2.49. The third-order valence-electron chi connectivity index (χ3n) is 6.84. The molecule has 0 aromatic heterocycles. The molecule has 0 unspecified atom stereocenters. The minimum atomic E-state index is -1.17. The van der Waals surface area contributed by atoms with E-state index in [0.29, 0.717) is 19.5 Å². The van der Waals surface area contributed by atoms with Crippen LogP contribution in [0.4, 0.5) is 15.3 Å². The van der Waals surface area contributed by atoms with Gasteiger partial charge in [-0.2, -0.15) is 0 Å². The number of aliphatic hydroxyl groups is 1. The zero-order chi connectivity index (χ0) is 30.3. The number of carboxylic acids is 1. The molecule has 0 bridgehead atoms. The van der Waals surface area contributed by atoms with Gasteiger partial charge in [0.2, 0.25) is 5.91 Å². The quantitative estimate of drug-likeness (QED) is 0.318. The second-order valence-electron chi connectivity index (χ2n) is 12.4. The number of rotatable bonds is 11. The molecule has 4 N–H and O–H groups in total. The molecular weight excluding hydrogens is 518 g/mol. The van der Waals surface area contributed by atoms with Crippen molar-refractivity contribution in [1.82, 2.24) is 10.6 Å². The first-order valence-electron chi connectivity index (χ1n) is 13.6. The first-order chi connectivity index (χ1) is 18.5. The van der Waals surface area contributed by atoms with E-state index in [4.69, 9.17) is 4.74 Å². The third kappa shape index (κ3) is 10.3. The molecule has 4 atom stereocenters. The summed E-state index contributed by atoms with van der Waals surface area (Å²) in [5, 5.41) is 25.7. The second-order valence-corrected chi connectivity index (χ2v) is 12.4. The van der Waals surface area contributed by atoms with Crippen LogP contribution >= 0.6 is 0 Å². The lowest BCUT2D eigenvalue weighted by Gasteiger charge is -2.38. The standard InChI is InChI=1S/C29H45N3O8/c1-18(25(35)36)12-23(33)21(31-27(38)40-28(2,3)4)14-29(5,6)15-24(34)32-17-19(16-30-26(37)39-7)13-20-10-8-9-11-22(20)32/h8-11,18-19,21,23,33H,12-17H2,1-7H3,(H,30,37)(H,31,38)(H,35,36)/t18-,19-,21+,23+/m1/s1. The number of para-hydroxylation sites is 1. The van der Waals surface area contributed by atoms with Crippen molar-refractivity contribution >= 4 is 29.8 Å². The normalized spacial score (nSPS) is 17.6. The molecule has 1 aromatic carbocycles. The number of ether oxygens (including phenoxy) is 2. The summed E-state index contributed by atoms with van der Waals surface area (Å²) in [6.45, 7) is 11.2. The number of methoxy groups -OCH3 is 1. The highest BCUT2D eigenvalue weighted by Crippen LogP contribution is 2.34. The number of hydrogen-bond donors (Lipinski definition) is 4. The molecule has 224 valence electrons. The molecule has 1 aliphatic rings. The van der Waals surface area contributed by atoms with Crippen molar-refractivity contribution in [3.05, 3.63) is 29.8 Å². The van der Waals surface area contributed by atoms with Crippen molar-refractivity contribution in [2.45, 2.75) is 85.0 Å². The first-order valence-corrected chi connectivity index (χ1v) is 13.6. The van der Waals surface area contributed by atoms with Gasteiger partial charge in [-0.25, -0.2) is 9.59 Å². The Balaban J connectivity index is 2.21. The van der Waals surface area contributed by atoms with Crippen molar-refractivity contribution in [1.29, 1.82) is 0 Å². The molecule has 40 heavy (non-hydrogen) atoms. The fourth-order valence-corrected chi connectivity index (χ4v) is 4.89. The van der Waals surface area contributed by atoms with Crippen LogP contribution in [0.2, 0.25) is 0 Å². The number of carboxylic acid groups (broad SMARTS) is 1. The average molecular weight is 564 g/mol. The molecule has 0 spiro atoms. The van der Waals surface area contributed by atoms with E-state index in [2.05, 4.69) is 15.4 Å². The topological polar surface area (TPSA) is 154 Å². The largest absolute Gasteiger partial charge is 0.481 e. The maximum Gasteiger partial charge on any atom is 0.407 e. The molecule has 3 amide bonds. The smallest absolute Gasteiger partial charge is 0.407 e. The molecule has 11 heteroatoms. The van der Waals surface area contributed by atoms with Gasteiger partial charge < -0.3 is 35.2 Å². The Bertz CT molecular complexity index is 1050. The summed E-state index contributed by atoms with van der Waals surface area (Å²) in [5.74, 6) is -2.03. The molecule has 0 saturated heterocycles. The Kier molecular flexibility index (Phi) is 11.4. The highest BCUT2D eigenvalue weighted by Gasteiger charge is 2.36. The molecule has 11 nitrogen and oxygen atoms in total. The lowest BCUT2D eigenvalue weighted by molar-refractivity contribution is -0.142. The van der Waals surface area contributed by atoms with E-state index in [-0.39, 0.29) is 31.1 Å². The number of nitrogens with one attached hydrogen (secondary N) is 2. The van der Waals surface area contributed by atoms with Crippen LogP contribution in [0.5, 0.6) is 0 Å². The molecule has 0 radical (unpaired) electrons. The zero-order valence-corrected chi connectivity index (χ0v) is 24.7. The van der Waals surface area contributed by atoms with E-state index in [9.17, 15) is 29.4 Å². The number of anilines is 1. The van der Waals surface area contributed by atoms with Crippen LogP contribution in [0.3, 0.4) is 0 Å². The van der Waals surface area contributed by atoms with Crippen molar-refractivity contribution in [2.75, 3.05) is 25.1 Å². The molecule has 1 heterocycles. The average Bonchev–Trinajstić information content (AvgIpc) is 2.84. The third-order valence-corrected chi connectivity index (χ3v) is 6.84. The summed E-state index contributed by atoms with van der Waals surface area (Å²) in [6, 6.07) is 6.80. The predicted octanol–water partition coefficient (Wildman–Crippen LogP) is 3.72. The van der Waals surface area contributed by atoms with Gasteiger partial charge in [-0.1, -0.05) is 39.0 Å². The van der Waals surface area contributed by atoms with Crippen LogP contribution in [0.15, 0.2) is 24.3 Å². The number of nitrogens with zero attached hydrogens (tertiary/aromatic N) is 1. The second kappa shape index (κ2) is 13.8. The molecule has 1 aliphatic heterocycles. The van der Waals surface area contributed by atoms with Gasteiger partial charge in [0.15, 0.2) is 0 Å². The van der Waals surface area contributed by atoms with Gasteiger partial charge >= 0.3 is 18.2 Å².